The minimum Gasteiger partial charge on any atom is -0.463 e. The van der Waals surface area contributed by atoms with Crippen LogP contribution in [0.1, 0.15) is 6.92 Å². The fraction of sp³-hybridized carbons (Fsp3) is 0.333. The largest absolute Gasteiger partial charge is 0.463 e. The Kier molecular flexibility index (Phi) is 6.78. The average Bonchev–Trinajstić information content (AvgIpc) is 2.93. The topological polar surface area (TPSA) is 108 Å². The molecule has 1 aliphatic rings. The SMILES string of the molecule is CCOC(=O)/C=C/N1CC(COSc2ccc([N+](=O)[O-])cc2)OC1=O. The van der Waals surface area contributed by atoms with Gasteiger partial charge in [-0.1, -0.05) is 0 Å². The zero-order chi connectivity index (χ0) is 18.2. The number of carbonyl (C=O) groups excluding carboxylic acids is 2. The van der Waals surface area contributed by atoms with Crippen molar-refractivity contribution in [2.75, 3.05) is 19.8 Å². The molecule has 1 unspecified atom stereocenters. The number of benzene rings is 1. The van der Waals surface area contributed by atoms with Crippen LogP contribution in [0.2, 0.25) is 0 Å². The van der Waals surface area contributed by atoms with E-state index in [0.717, 1.165) is 18.1 Å². The van der Waals surface area contributed by atoms with Gasteiger partial charge >= 0.3 is 12.1 Å². The molecule has 1 amide bonds. The first kappa shape index (κ1) is 18.7. The van der Waals surface area contributed by atoms with Crippen molar-refractivity contribution in [1.82, 2.24) is 4.90 Å². The van der Waals surface area contributed by atoms with Crippen LogP contribution in [0, 0.1) is 10.1 Å². The molecule has 1 aliphatic heterocycles. The number of nitro benzene ring substituents is 1. The van der Waals surface area contributed by atoms with Crippen LogP contribution in [0.5, 0.6) is 0 Å². The number of hydrogen-bond donors (Lipinski definition) is 0. The van der Waals surface area contributed by atoms with E-state index in [2.05, 4.69) is 0 Å². The quantitative estimate of drug-likeness (QED) is 0.226. The summed E-state index contributed by atoms with van der Waals surface area (Å²) in [5.41, 5.74) is -0.00176. The highest BCUT2D eigenvalue weighted by molar-refractivity contribution is 7.94. The molecule has 1 fully saturated rings. The number of nitro groups is 1. The van der Waals surface area contributed by atoms with E-state index < -0.39 is 23.1 Å². The lowest BCUT2D eigenvalue weighted by atomic mass is 10.3. The van der Waals surface area contributed by atoms with E-state index in [1.165, 1.54) is 23.2 Å². The van der Waals surface area contributed by atoms with Gasteiger partial charge < -0.3 is 13.7 Å². The standard InChI is InChI=1S/C15H16N2O7S/c1-2-22-14(18)7-8-16-9-12(24-15(16)19)10-23-25-13-5-3-11(4-6-13)17(20)21/h3-8,12H,2,9-10H2,1H3/b8-7+. The number of esters is 1. The van der Waals surface area contributed by atoms with Crippen molar-refractivity contribution >= 4 is 29.8 Å². The molecule has 1 aromatic carbocycles. The summed E-state index contributed by atoms with van der Waals surface area (Å²) in [5.74, 6) is -0.538. The Morgan fingerprint density at radius 2 is 2.20 bits per heavy atom. The normalized spacial score (nSPS) is 16.9. The number of non-ortho nitro benzene ring substituents is 1. The van der Waals surface area contributed by atoms with Crippen LogP contribution < -0.4 is 0 Å². The molecule has 1 aromatic rings. The lowest BCUT2D eigenvalue weighted by Gasteiger charge is -2.08. The van der Waals surface area contributed by atoms with Gasteiger partial charge in [0.1, 0.15) is 12.7 Å². The Morgan fingerprint density at radius 1 is 1.48 bits per heavy atom. The zero-order valence-corrected chi connectivity index (χ0v) is 14.1. The average molecular weight is 368 g/mol. The minimum atomic E-state index is -0.575. The third kappa shape index (κ3) is 5.76. The van der Waals surface area contributed by atoms with Gasteiger partial charge in [0, 0.05) is 41.3 Å². The lowest BCUT2D eigenvalue weighted by Crippen LogP contribution is -2.21. The predicted octanol–water partition coefficient (Wildman–Crippen LogP) is 2.52. The molecule has 0 aromatic heterocycles. The third-order valence-electron chi connectivity index (χ3n) is 3.04. The van der Waals surface area contributed by atoms with Gasteiger partial charge in [-0.05, 0) is 19.1 Å². The van der Waals surface area contributed by atoms with Crippen LogP contribution in [0.25, 0.3) is 0 Å². The van der Waals surface area contributed by atoms with Gasteiger partial charge in [-0.15, -0.1) is 0 Å². The maximum atomic E-state index is 11.7. The molecule has 1 atom stereocenters. The number of cyclic esters (lactones) is 1. The van der Waals surface area contributed by atoms with E-state index in [0.29, 0.717) is 4.90 Å². The van der Waals surface area contributed by atoms with Crippen molar-refractivity contribution in [2.45, 2.75) is 17.9 Å². The molecule has 0 radical (unpaired) electrons. The number of rotatable bonds is 8. The van der Waals surface area contributed by atoms with Gasteiger partial charge in [0.05, 0.1) is 18.1 Å². The van der Waals surface area contributed by atoms with Crippen LogP contribution in [0.3, 0.4) is 0 Å². The maximum Gasteiger partial charge on any atom is 0.414 e. The predicted molar refractivity (Wildman–Crippen MR) is 87.7 cm³/mol. The molecule has 0 N–H and O–H groups in total. The van der Waals surface area contributed by atoms with E-state index in [1.807, 2.05) is 0 Å². The number of nitrogens with zero attached hydrogens (tertiary/aromatic N) is 2. The molecule has 0 spiro atoms. The summed E-state index contributed by atoms with van der Waals surface area (Å²) >= 11 is 1.03. The summed E-state index contributed by atoms with van der Waals surface area (Å²) in [5, 5.41) is 10.6. The number of amides is 1. The molecule has 0 bridgehead atoms. The minimum absolute atomic E-state index is 0.00176. The molecule has 1 heterocycles. The second-order valence-corrected chi connectivity index (χ2v) is 5.72. The van der Waals surface area contributed by atoms with Crippen molar-refractivity contribution in [3.63, 3.8) is 0 Å². The van der Waals surface area contributed by atoms with E-state index in [1.54, 1.807) is 19.1 Å². The first-order valence-corrected chi connectivity index (χ1v) is 8.10. The summed E-state index contributed by atoms with van der Waals surface area (Å²) in [7, 11) is 0. The highest BCUT2D eigenvalue weighted by atomic mass is 32.2. The molecule has 0 saturated carbocycles. The Hall–Kier alpha value is -2.59. The van der Waals surface area contributed by atoms with Gasteiger partial charge in [-0.25, -0.2) is 9.59 Å². The van der Waals surface area contributed by atoms with E-state index >= 15 is 0 Å². The fourth-order valence-electron chi connectivity index (χ4n) is 1.89. The van der Waals surface area contributed by atoms with Crippen molar-refractivity contribution in [3.05, 3.63) is 46.7 Å². The highest BCUT2D eigenvalue weighted by Gasteiger charge is 2.30. The third-order valence-corrected chi connectivity index (χ3v) is 3.75. The zero-order valence-electron chi connectivity index (χ0n) is 13.3. The number of hydrogen-bond acceptors (Lipinski definition) is 8. The summed E-state index contributed by atoms with van der Waals surface area (Å²) < 4.78 is 15.2. The van der Waals surface area contributed by atoms with Crippen molar-refractivity contribution < 1.29 is 28.2 Å². The second-order valence-electron chi connectivity index (χ2n) is 4.84. The first-order chi connectivity index (χ1) is 12.0. The van der Waals surface area contributed by atoms with Gasteiger partial charge in [-0.3, -0.25) is 15.0 Å². The molecule has 2 rings (SSSR count). The van der Waals surface area contributed by atoms with Crippen molar-refractivity contribution in [3.8, 4) is 0 Å². The summed E-state index contributed by atoms with van der Waals surface area (Å²) in [6.45, 7) is 2.32. The lowest BCUT2D eigenvalue weighted by molar-refractivity contribution is -0.384. The van der Waals surface area contributed by atoms with Crippen LogP contribution >= 0.6 is 12.0 Å². The summed E-state index contributed by atoms with van der Waals surface area (Å²) in [6.07, 6.45) is 1.41. The van der Waals surface area contributed by atoms with Crippen LogP contribution in [0.15, 0.2) is 41.4 Å². The van der Waals surface area contributed by atoms with Gasteiger partial charge in [0.2, 0.25) is 0 Å². The first-order valence-electron chi connectivity index (χ1n) is 7.35. The molecule has 1 saturated heterocycles. The Morgan fingerprint density at radius 3 is 2.84 bits per heavy atom. The molecular weight excluding hydrogens is 352 g/mol. The van der Waals surface area contributed by atoms with Crippen molar-refractivity contribution in [2.24, 2.45) is 0 Å². The Labute approximate surface area is 147 Å². The van der Waals surface area contributed by atoms with Crippen LogP contribution in [-0.2, 0) is 18.5 Å². The summed E-state index contributed by atoms with van der Waals surface area (Å²) in [4.78, 5) is 34.9. The maximum absolute atomic E-state index is 11.7. The smallest absolute Gasteiger partial charge is 0.414 e. The van der Waals surface area contributed by atoms with E-state index in [4.69, 9.17) is 13.7 Å². The van der Waals surface area contributed by atoms with Gasteiger partial charge in [-0.2, -0.15) is 0 Å². The highest BCUT2D eigenvalue weighted by Crippen LogP contribution is 2.23. The molecule has 10 heteroatoms. The van der Waals surface area contributed by atoms with Crippen LogP contribution in [-0.4, -0.2) is 47.7 Å². The second kappa shape index (κ2) is 9.04. The molecule has 134 valence electrons. The number of ether oxygens (including phenoxy) is 2. The molecule has 25 heavy (non-hydrogen) atoms. The Balaban J connectivity index is 1.75. The molecule has 0 aliphatic carbocycles. The number of carbonyl (C=O) groups is 2. The Bertz CT molecular complexity index is 662. The van der Waals surface area contributed by atoms with Gasteiger partial charge in [0.15, 0.2) is 0 Å². The van der Waals surface area contributed by atoms with Crippen LogP contribution in [0.4, 0.5) is 10.5 Å². The van der Waals surface area contributed by atoms with Crippen molar-refractivity contribution in [1.29, 1.82) is 0 Å². The molecule has 9 nitrogen and oxygen atoms in total. The van der Waals surface area contributed by atoms with Gasteiger partial charge in [0.25, 0.3) is 5.69 Å². The summed E-state index contributed by atoms with van der Waals surface area (Å²) in [6, 6.07) is 5.89. The van der Waals surface area contributed by atoms with E-state index in [-0.39, 0.29) is 25.4 Å². The monoisotopic (exact) mass is 368 g/mol. The fourth-order valence-corrected chi connectivity index (χ4v) is 2.50. The molecular formula is C15H16N2O7S. The van der Waals surface area contributed by atoms with E-state index in [9.17, 15) is 19.7 Å².